The van der Waals surface area contributed by atoms with Crippen LogP contribution in [0.3, 0.4) is 0 Å². The second kappa shape index (κ2) is 10.9. The van der Waals surface area contributed by atoms with Gasteiger partial charge in [-0.2, -0.15) is 0 Å². The normalized spacial score (nSPS) is 10.1. The van der Waals surface area contributed by atoms with E-state index in [9.17, 15) is 9.59 Å². The number of rotatable bonds is 12. The van der Waals surface area contributed by atoms with Crippen LogP contribution in [0.2, 0.25) is 0 Å². The second-order valence-electron chi connectivity index (χ2n) is 5.56. The maximum Gasteiger partial charge on any atom is 0.161 e. The fourth-order valence-corrected chi connectivity index (χ4v) is 2.39. The maximum atomic E-state index is 10.9. The summed E-state index contributed by atoms with van der Waals surface area (Å²) in [5.74, 6) is 2.28. The van der Waals surface area contributed by atoms with E-state index in [0.29, 0.717) is 67.0 Å². The van der Waals surface area contributed by atoms with Gasteiger partial charge in [-0.3, -0.25) is 9.59 Å². The Morgan fingerprint density at radius 1 is 0.667 bits per heavy atom. The lowest BCUT2D eigenvalue weighted by Gasteiger charge is -2.14. The van der Waals surface area contributed by atoms with Crippen LogP contribution in [-0.2, 0) is 0 Å². The Bertz CT molecular complexity index is 693. The number of carbonyl (C=O) groups is 2. The van der Waals surface area contributed by atoms with E-state index in [1.54, 1.807) is 36.4 Å². The standard InChI is InChI=1S/C21H24O6/c1-3-24-20-12-16(14-22)6-8-18(20)26-10-5-11-27-19-9-7-17(15-23)13-21(19)25-4-2/h6-9,12-15H,3-5,10-11H2,1-2H3. The third-order valence-electron chi connectivity index (χ3n) is 3.61. The number of carbonyl (C=O) groups excluding carboxylic acids is 2. The molecule has 0 aliphatic rings. The first-order valence-electron chi connectivity index (χ1n) is 8.91. The molecule has 0 aliphatic heterocycles. The summed E-state index contributed by atoms with van der Waals surface area (Å²) in [4.78, 5) is 21.8. The number of hydrogen-bond donors (Lipinski definition) is 0. The molecular formula is C21H24O6. The van der Waals surface area contributed by atoms with Crippen molar-refractivity contribution in [3.8, 4) is 23.0 Å². The van der Waals surface area contributed by atoms with Crippen molar-refractivity contribution in [1.29, 1.82) is 0 Å². The fraction of sp³-hybridized carbons (Fsp3) is 0.333. The fourth-order valence-electron chi connectivity index (χ4n) is 2.39. The molecule has 0 aliphatic carbocycles. The molecule has 0 N–H and O–H groups in total. The van der Waals surface area contributed by atoms with E-state index in [1.807, 2.05) is 13.8 Å². The minimum Gasteiger partial charge on any atom is -0.490 e. The van der Waals surface area contributed by atoms with Gasteiger partial charge in [0.25, 0.3) is 0 Å². The molecule has 0 unspecified atom stereocenters. The zero-order chi connectivity index (χ0) is 19.5. The zero-order valence-corrected chi connectivity index (χ0v) is 15.6. The Morgan fingerprint density at radius 3 is 1.48 bits per heavy atom. The molecule has 2 aromatic rings. The molecule has 0 spiro atoms. The van der Waals surface area contributed by atoms with E-state index < -0.39 is 0 Å². The van der Waals surface area contributed by atoms with E-state index >= 15 is 0 Å². The lowest BCUT2D eigenvalue weighted by atomic mass is 10.2. The highest BCUT2D eigenvalue weighted by molar-refractivity contribution is 5.76. The molecule has 0 bridgehead atoms. The van der Waals surface area contributed by atoms with Crippen LogP contribution in [0.1, 0.15) is 41.0 Å². The van der Waals surface area contributed by atoms with Gasteiger partial charge in [0.15, 0.2) is 23.0 Å². The Morgan fingerprint density at radius 2 is 1.11 bits per heavy atom. The minimum atomic E-state index is 0.427. The SMILES string of the molecule is CCOc1cc(C=O)ccc1OCCCOc1ccc(C=O)cc1OCC. The monoisotopic (exact) mass is 372 g/mol. The van der Waals surface area contributed by atoms with Gasteiger partial charge < -0.3 is 18.9 Å². The molecule has 0 radical (unpaired) electrons. The van der Waals surface area contributed by atoms with Gasteiger partial charge in [0, 0.05) is 17.5 Å². The van der Waals surface area contributed by atoms with Crippen molar-refractivity contribution in [1.82, 2.24) is 0 Å². The lowest BCUT2D eigenvalue weighted by Crippen LogP contribution is -2.07. The van der Waals surface area contributed by atoms with Crippen LogP contribution in [0.4, 0.5) is 0 Å². The lowest BCUT2D eigenvalue weighted by molar-refractivity contribution is 0.111. The Labute approximate surface area is 159 Å². The summed E-state index contributed by atoms with van der Waals surface area (Å²) in [6.45, 7) is 5.57. The van der Waals surface area contributed by atoms with Crippen molar-refractivity contribution in [2.24, 2.45) is 0 Å². The zero-order valence-electron chi connectivity index (χ0n) is 15.6. The highest BCUT2D eigenvalue weighted by Gasteiger charge is 2.08. The molecule has 0 fully saturated rings. The summed E-state index contributed by atoms with van der Waals surface area (Å²) >= 11 is 0. The molecule has 6 nitrogen and oxygen atoms in total. The van der Waals surface area contributed by atoms with Crippen LogP contribution >= 0.6 is 0 Å². The topological polar surface area (TPSA) is 71.1 Å². The highest BCUT2D eigenvalue weighted by atomic mass is 16.5. The molecule has 0 saturated heterocycles. The molecule has 0 amide bonds. The third kappa shape index (κ3) is 6.02. The van der Waals surface area contributed by atoms with Gasteiger partial charge in [-0.05, 0) is 50.2 Å². The molecule has 0 aromatic heterocycles. The van der Waals surface area contributed by atoms with Crippen molar-refractivity contribution in [3.05, 3.63) is 47.5 Å². The summed E-state index contributed by atoms with van der Waals surface area (Å²) in [5, 5.41) is 0. The van der Waals surface area contributed by atoms with Crippen LogP contribution in [0.5, 0.6) is 23.0 Å². The van der Waals surface area contributed by atoms with Crippen LogP contribution in [-0.4, -0.2) is 39.0 Å². The quantitative estimate of drug-likeness (QED) is 0.415. The number of ether oxygens (including phenoxy) is 4. The van der Waals surface area contributed by atoms with Crippen molar-refractivity contribution in [2.45, 2.75) is 20.3 Å². The number of benzene rings is 2. The molecule has 0 atom stereocenters. The van der Waals surface area contributed by atoms with Crippen molar-refractivity contribution in [2.75, 3.05) is 26.4 Å². The number of aldehydes is 2. The first-order valence-corrected chi connectivity index (χ1v) is 8.91. The van der Waals surface area contributed by atoms with E-state index in [2.05, 4.69) is 0 Å². The predicted molar refractivity (Wildman–Crippen MR) is 102 cm³/mol. The predicted octanol–water partition coefficient (Wildman–Crippen LogP) is 3.96. The van der Waals surface area contributed by atoms with E-state index in [0.717, 1.165) is 12.6 Å². The van der Waals surface area contributed by atoms with Crippen LogP contribution in [0, 0.1) is 0 Å². The van der Waals surface area contributed by atoms with E-state index in [1.165, 1.54) is 0 Å². The van der Waals surface area contributed by atoms with Crippen molar-refractivity contribution >= 4 is 12.6 Å². The molecule has 144 valence electrons. The summed E-state index contributed by atoms with van der Waals surface area (Å²) in [5.41, 5.74) is 1.08. The Hall–Kier alpha value is -3.02. The van der Waals surface area contributed by atoms with Crippen LogP contribution < -0.4 is 18.9 Å². The van der Waals surface area contributed by atoms with Gasteiger partial charge in [-0.1, -0.05) is 0 Å². The highest BCUT2D eigenvalue weighted by Crippen LogP contribution is 2.29. The van der Waals surface area contributed by atoms with Crippen LogP contribution in [0.15, 0.2) is 36.4 Å². The molecule has 2 rings (SSSR count). The average molecular weight is 372 g/mol. The first-order chi connectivity index (χ1) is 13.2. The van der Waals surface area contributed by atoms with Gasteiger partial charge >= 0.3 is 0 Å². The van der Waals surface area contributed by atoms with Gasteiger partial charge in [-0.25, -0.2) is 0 Å². The van der Waals surface area contributed by atoms with Crippen molar-refractivity contribution in [3.63, 3.8) is 0 Å². The second-order valence-corrected chi connectivity index (χ2v) is 5.56. The molecule has 0 saturated carbocycles. The van der Waals surface area contributed by atoms with Crippen LogP contribution in [0.25, 0.3) is 0 Å². The maximum absolute atomic E-state index is 10.9. The van der Waals surface area contributed by atoms with Gasteiger partial charge in [-0.15, -0.1) is 0 Å². The first kappa shape index (κ1) is 20.3. The molecule has 2 aromatic carbocycles. The minimum absolute atomic E-state index is 0.427. The van der Waals surface area contributed by atoms with Gasteiger partial charge in [0.2, 0.25) is 0 Å². The summed E-state index contributed by atoms with van der Waals surface area (Å²) in [6, 6.07) is 10.1. The molecule has 6 heteroatoms. The van der Waals surface area contributed by atoms with Crippen molar-refractivity contribution < 1.29 is 28.5 Å². The van der Waals surface area contributed by atoms with Gasteiger partial charge in [0.1, 0.15) is 12.6 Å². The summed E-state index contributed by atoms with van der Waals surface area (Å²) in [6.07, 6.45) is 2.18. The van der Waals surface area contributed by atoms with E-state index in [-0.39, 0.29) is 0 Å². The average Bonchev–Trinajstić information content (AvgIpc) is 2.69. The Balaban J connectivity index is 1.87. The summed E-state index contributed by atoms with van der Waals surface area (Å²) < 4.78 is 22.5. The van der Waals surface area contributed by atoms with Gasteiger partial charge in [0.05, 0.1) is 26.4 Å². The smallest absolute Gasteiger partial charge is 0.161 e. The van der Waals surface area contributed by atoms with E-state index in [4.69, 9.17) is 18.9 Å². The molecule has 0 heterocycles. The largest absolute Gasteiger partial charge is 0.490 e. The molecule has 27 heavy (non-hydrogen) atoms. The molecular weight excluding hydrogens is 348 g/mol. The number of hydrogen-bond acceptors (Lipinski definition) is 6. The Kier molecular flexibility index (Phi) is 8.16. The third-order valence-corrected chi connectivity index (χ3v) is 3.61. The summed E-state index contributed by atoms with van der Waals surface area (Å²) in [7, 11) is 0.